The standard InChI is InChI=1S/C25H32S4Si/c1-30(2,3)23-14-19-13-20(15-23)18-25(28-11-6-12-29-25)22-8-4-7-21(16-22)24(17-19)26-9-5-10-27-24/h4,7-8,13-16H,5-6,9-12,17-18H2,1-3H3. The highest BCUT2D eigenvalue weighted by Gasteiger charge is 2.41. The molecule has 2 saturated heterocycles. The lowest BCUT2D eigenvalue weighted by molar-refractivity contribution is 0.804. The average molecular weight is 489 g/mol. The van der Waals surface area contributed by atoms with Crippen LogP contribution in [0.5, 0.6) is 0 Å². The first-order chi connectivity index (χ1) is 14.4. The van der Waals surface area contributed by atoms with E-state index in [2.05, 4.69) is 109 Å². The van der Waals surface area contributed by atoms with Gasteiger partial charge in [-0.3, -0.25) is 0 Å². The summed E-state index contributed by atoms with van der Waals surface area (Å²) in [5, 5.41) is 1.64. The van der Waals surface area contributed by atoms with Crippen LogP contribution in [0.1, 0.15) is 35.1 Å². The first kappa shape index (κ1) is 21.9. The summed E-state index contributed by atoms with van der Waals surface area (Å²) >= 11 is 8.83. The summed E-state index contributed by atoms with van der Waals surface area (Å²) in [5.41, 5.74) is 6.26. The summed E-state index contributed by atoms with van der Waals surface area (Å²) in [7, 11) is -1.37. The number of rotatable bonds is 1. The van der Waals surface area contributed by atoms with Gasteiger partial charge in [-0.2, -0.15) is 0 Å². The van der Waals surface area contributed by atoms with Crippen LogP contribution in [-0.2, 0) is 21.0 Å². The fraction of sp³-hybridized carbons (Fsp3) is 0.520. The zero-order chi connectivity index (χ0) is 20.8. The largest absolute Gasteiger partial charge is 0.139 e. The van der Waals surface area contributed by atoms with Crippen molar-refractivity contribution in [2.75, 3.05) is 23.0 Å². The SMILES string of the molecule is C[Si](C)(C)c1cc2cc(c1)CC1(SCCCS1)c1cccc(c1)C1(C2)SCCCS1. The molecule has 0 nitrogen and oxygen atoms in total. The van der Waals surface area contributed by atoms with Crippen LogP contribution in [0, 0.1) is 0 Å². The molecule has 2 spiro atoms. The molecule has 0 aromatic heterocycles. The molecule has 2 aromatic carbocycles. The number of benzene rings is 2. The van der Waals surface area contributed by atoms with Crippen LogP contribution in [0.3, 0.4) is 0 Å². The highest BCUT2D eigenvalue weighted by Crippen LogP contribution is 2.56. The molecule has 5 rings (SSSR count). The quantitative estimate of drug-likeness (QED) is 0.393. The molecule has 2 fully saturated rings. The maximum absolute atomic E-state index is 2.60. The van der Waals surface area contributed by atoms with E-state index >= 15 is 0 Å². The minimum absolute atomic E-state index is 0.173. The van der Waals surface area contributed by atoms with Crippen LogP contribution in [0.25, 0.3) is 0 Å². The van der Waals surface area contributed by atoms with Crippen molar-refractivity contribution in [1.29, 1.82) is 0 Å². The van der Waals surface area contributed by atoms with Crippen LogP contribution < -0.4 is 5.19 Å². The monoisotopic (exact) mass is 488 g/mol. The van der Waals surface area contributed by atoms with Crippen molar-refractivity contribution in [3.63, 3.8) is 0 Å². The molecule has 0 amide bonds. The lowest BCUT2D eigenvalue weighted by atomic mass is 9.93. The number of hydrogen-bond donors (Lipinski definition) is 0. The van der Waals surface area contributed by atoms with Gasteiger partial charge in [-0.1, -0.05) is 67.3 Å². The van der Waals surface area contributed by atoms with Gasteiger partial charge in [-0.15, -0.1) is 47.0 Å². The van der Waals surface area contributed by atoms with Gasteiger partial charge in [0, 0.05) is 12.8 Å². The minimum atomic E-state index is -1.37. The van der Waals surface area contributed by atoms with Crippen molar-refractivity contribution in [3.8, 4) is 0 Å². The van der Waals surface area contributed by atoms with E-state index < -0.39 is 8.07 Å². The molecule has 0 atom stereocenters. The van der Waals surface area contributed by atoms with E-state index in [9.17, 15) is 0 Å². The molecule has 0 saturated carbocycles. The van der Waals surface area contributed by atoms with Crippen molar-refractivity contribution in [2.45, 2.75) is 53.5 Å². The molecule has 2 aliphatic heterocycles. The predicted octanol–water partition coefficient (Wildman–Crippen LogP) is 7.08. The zero-order valence-corrected chi connectivity index (χ0v) is 22.6. The van der Waals surface area contributed by atoms with E-state index in [1.807, 2.05) is 0 Å². The van der Waals surface area contributed by atoms with E-state index in [0.29, 0.717) is 0 Å². The van der Waals surface area contributed by atoms with Crippen LogP contribution in [0.4, 0.5) is 0 Å². The van der Waals surface area contributed by atoms with Crippen molar-refractivity contribution < 1.29 is 0 Å². The Labute approximate surface area is 200 Å². The highest BCUT2D eigenvalue weighted by atomic mass is 32.2. The van der Waals surface area contributed by atoms with Gasteiger partial charge in [0.25, 0.3) is 0 Å². The first-order valence-electron chi connectivity index (χ1n) is 11.2. The molecular weight excluding hydrogens is 457 g/mol. The molecule has 1 aliphatic carbocycles. The summed E-state index contributed by atoms with van der Waals surface area (Å²) in [6.45, 7) is 7.51. The third-order valence-corrected chi connectivity index (χ3v) is 15.2. The summed E-state index contributed by atoms with van der Waals surface area (Å²) in [6.07, 6.45) is 4.99. The molecule has 3 aliphatic rings. The average Bonchev–Trinajstić information content (AvgIpc) is 2.74. The molecule has 0 N–H and O–H groups in total. The Balaban J connectivity index is 1.72. The molecule has 30 heavy (non-hydrogen) atoms. The van der Waals surface area contributed by atoms with Gasteiger partial charge in [0.15, 0.2) is 0 Å². The van der Waals surface area contributed by atoms with E-state index in [4.69, 9.17) is 0 Å². The number of hydrogen-bond acceptors (Lipinski definition) is 4. The second-order valence-electron chi connectivity index (χ2n) is 9.83. The van der Waals surface area contributed by atoms with Gasteiger partial charge in [0.2, 0.25) is 0 Å². The molecule has 0 radical (unpaired) electrons. The molecule has 4 bridgehead atoms. The van der Waals surface area contributed by atoms with Crippen molar-refractivity contribution in [2.24, 2.45) is 0 Å². The van der Waals surface area contributed by atoms with Crippen LogP contribution in [0.15, 0.2) is 42.5 Å². The Hall–Kier alpha value is 0.0569. The van der Waals surface area contributed by atoms with E-state index in [1.165, 1.54) is 35.9 Å². The Morgan fingerprint density at radius 3 is 1.57 bits per heavy atom. The van der Waals surface area contributed by atoms with E-state index in [0.717, 1.165) is 12.8 Å². The molecule has 2 aromatic rings. The topological polar surface area (TPSA) is 0 Å². The van der Waals surface area contributed by atoms with Crippen molar-refractivity contribution >= 4 is 60.3 Å². The maximum Gasteiger partial charge on any atom is 0.0900 e. The summed E-state index contributed by atoms with van der Waals surface area (Å²) in [6, 6.07) is 17.5. The minimum Gasteiger partial charge on any atom is -0.139 e. The molecule has 0 unspecified atom stereocenters. The summed E-state index contributed by atoms with van der Waals surface area (Å²) in [4.78, 5) is 0. The summed E-state index contributed by atoms with van der Waals surface area (Å²) < 4.78 is 0.345. The fourth-order valence-electron chi connectivity index (χ4n) is 4.82. The second-order valence-corrected chi connectivity index (χ2v) is 21.0. The Morgan fingerprint density at radius 1 is 0.667 bits per heavy atom. The Kier molecular flexibility index (Phi) is 6.16. The van der Waals surface area contributed by atoms with Gasteiger partial charge < -0.3 is 0 Å². The predicted molar refractivity (Wildman–Crippen MR) is 146 cm³/mol. The van der Waals surface area contributed by atoms with Crippen LogP contribution in [0.2, 0.25) is 19.6 Å². The molecular formula is C25H32S4Si. The van der Waals surface area contributed by atoms with Crippen molar-refractivity contribution in [1.82, 2.24) is 0 Å². The lowest BCUT2D eigenvalue weighted by Crippen LogP contribution is -2.39. The fourth-order valence-corrected chi connectivity index (χ4v) is 12.8. The molecule has 2 heterocycles. The van der Waals surface area contributed by atoms with Gasteiger partial charge in [-0.05, 0) is 58.1 Å². The van der Waals surface area contributed by atoms with Gasteiger partial charge in [0.1, 0.15) is 0 Å². The Morgan fingerprint density at radius 2 is 1.13 bits per heavy atom. The third kappa shape index (κ3) is 4.18. The number of thioether (sulfide) groups is 4. The normalized spacial score (nSPS) is 22.8. The molecule has 5 heteroatoms. The van der Waals surface area contributed by atoms with Gasteiger partial charge in [-0.25, -0.2) is 0 Å². The second kappa shape index (κ2) is 8.44. The zero-order valence-electron chi connectivity index (χ0n) is 18.3. The van der Waals surface area contributed by atoms with Crippen LogP contribution in [-0.4, -0.2) is 31.1 Å². The Bertz CT molecular complexity index is 859. The smallest absolute Gasteiger partial charge is 0.0900 e. The summed E-state index contributed by atoms with van der Waals surface area (Å²) in [5.74, 6) is 5.14. The van der Waals surface area contributed by atoms with E-state index in [1.54, 1.807) is 27.4 Å². The van der Waals surface area contributed by atoms with Gasteiger partial charge >= 0.3 is 0 Å². The molecule has 160 valence electrons. The lowest BCUT2D eigenvalue weighted by Gasteiger charge is -2.41. The number of fused-ring (bicyclic) bond motifs is 6. The highest BCUT2D eigenvalue weighted by molar-refractivity contribution is 8.18. The van der Waals surface area contributed by atoms with Crippen molar-refractivity contribution in [3.05, 3.63) is 64.7 Å². The first-order valence-corrected chi connectivity index (χ1v) is 18.6. The van der Waals surface area contributed by atoms with Gasteiger partial charge in [0.05, 0.1) is 16.2 Å². The third-order valence-electron chi connectivity index (χ3n) is 6.45. The maximum atomic E-state index is 2.60. The van der Waals surface area contributed by atoms with E-state index in [-0.39, 0.29) is 8.16 Å². The van der Waals surface area contributed by atoms with Crippen LogP contribution >= 0.6 is 47.0 Å².